The van der Waals surface area contributed by atoms with Crippen molar-refractivity contribution < 1.29 is 9.21 Å². The summed E-state index contributed by atoms with van der Waals surface area (Å²) in [6.07, 6.45) is 1.96. The maximum Gasteiger partial charge on any atom is 0.247 e. The molecule has 1 saturated carbocycles. The first kappa shape index (κ1) is 12.2. The fourth-order valence-corrected chi connectivity index (χ4v) is 1.81. The van der Waals surface area contributed by atoms with Crippen molar-refractivity contribution in [2.24, 2.45) is 5.92 Å². The standard InChI is InChI=1S/C13H12ClN3O2/c14-10-5-3-9(4-6-10)13-17-16-11(19-13)7-15-12(18)8-1-2-8/h3-6,8H,1-2,7H2,(H,15,18). The third-order valence-electron chi connectivity index (χ3n) is 2.92. The quantitative estimate of drug-likeness (QED) is 0.932. The van der Waals surface area contributed by atoms with Crippen LogP contribution >= 0.6 is 11.6 Å². The molecule has 1 aliphatic rings. The van der Waals surface area contributed by atoms with E-state index in [-0.39, 0.29) is 18.4 Å². The number of aromatic nitrogens is 2. The average Bonchev–Trinajstić information content (AvgIpc) is 3.16. The van der Waals surface area contributed by atoms with Crippen LogP contribution in [-0.4, -0.2) is 16.1 Å². The summed E-state index contributed by atoms with van der Waals surface area (Å²) in [6.45, 7) is 0.274. The SMILES string of the molecule is O=C(NCc1nnc(-c2ccc(Cl)cc2)o1)C1CC1. The van der Waals surface area contributed by atoms with E-state index in [1.54, 1.807) is 12.1 Å². The minimum Gasteiger partial charge on any atom is -0.419 e. The molecular weight excluding hydrogens is 266 g/mol. The number of hydrogen-bond acceptors (Lipinski definition) is 4. The van der Waals surface area contributed by atoms with Crippen molar-refractivity contribution in [3.05, 3.63) is 35.2 Å². The average molecular weight is 278 g/mol. The number of nitrogens with one attached hydrogen (secondary N) is 1. The van der Waals surface area contributed by atoms with Gasteiger partial charge in [0.2, 0.25) is 17.7 Å². The zero-order chi connectivity index (χ0) is 13.2. The largest absolute Gasteiger partial charge is 0.419 e. The Hall–Kier alpha value is -1.88. The van der Waals surface area contributed by atoms with Crippen LogP contribution in [0.15, 0.2) is 28.7 Å². The van der Waals surface area contributed by atoms with Crippen molar-refractivity contribution in [2.45, 2.75) is 19.4 Å². The van der Waals surface area contributed by atoms with Gasteiger partial charge in [-0.05, 0) is 37.1 Å². The minimum absolute atomic E-state index is 0.0613. The molecule has 1 fully saturated rings. The van der Waals surface area contributed by atoms with Gasteiger partial charge in [0.05, 0.1) is 6.54 Å². The van der Waals surface area contributed by atoms with Crippen LogP contribution in [0.1, 0.15) is 18.7 Å². The molecule has 19 heavy (non-hydrogen) atoms. The number of nitrogens with zero attached hydrogens (tertiary/aromatic N) is 2. The first-order chi connectivity index (χ1) is 9.22. The summed E-state index contributed by atoms with van der Waals surface area (Å²) in [4.78, 5) is 11.5. The highest BCUT2D eigenvalue weighted by Crippen LogP contribution is 2.28. The molecule has 1 aromatic heterocycles. The minimum atomic E-state index is 0.0613. The molecule has 0 unspecified atom stereocenters. The molecule has 0 radical (unpaired) electrons. The third-order valence-corrected chi connectivity index (χ3v) is 3.17. The molecule has 6 heteroatoms. The summed E-state index contributed by atoms with van der Waals surface area (Å²) in [5, 5.41) is 11.3. The Balaban J connectivity index is 1.65. The molecule has 1 heterocycles. The number of carbonyl (C=O) groups excluding carboxylic acids is 1. The molecule has 1 N–H and O–H groups in total. The Morgan fingerprint density at radius 2 is 2.05 bits per heavy atom. The predicted molar refractivity (Wildman–Crippen MR) is 69.3 cm³/mol. The molecule has 1 aliphatic carbocycles. The van der Waals surface area contributed by atoms with E-state index in [9.17, 15) is 4.79 Å². The first-order valence-electron chi connectivity index (χ1n) is 6.08. The molecule has 0 saturated heterocycles. The second-order valence-corrected chi connectivity index (χ2v) is 4.94. The van der Waals surface area contributed by atoms with Gasteiger partial charge in [-0.1, -0.05) is 11.6 Å². The number of benzene rings is 1. The molecule has 5 nitrogen and oxygen atoms in total. The van der Waals surface area contributed by atoms with Gasteiger partial charge in [0, 0.05) is 16.5 Å². The Bertz CT molecular complexity index is 590. The summed E-state index contributed by atoms with van der Waals surface area (Å²) < 4.78 is 5.48. The summed E-state index contributed by atoms with van der Waals surface area (Å²) in [6, 6.07) is 7.13. The van der Waals surface area contributed by atoms with Crippen molar-refractivity contribution >= 4 is 17.5 Å². The summed E-state index contributed by atoms with van der Waals surface area (Å²) in [7, 11) is 0. The van der Waals surface area contributed by atoms with Gasteiger partial charge in [-0.3, -0.25) is 4.79 Å². The third kappa shape index (κ3) is 2.93. The highest BCUT2D eigenvalue weighted by Gasteiger charge is 2.29. The Morgan fingerprint density at radius 3 is 2.74 bits per heavy atom. The van der Waals surface area contributed by atoms with E-state index >= 15 is 0 Å². The van der Waals surface area contributed by atoms with Gasteiger partial charge in [-0.2, -0.15) is 0 Å². The van der Waals surface area contributed by atoms with E-state index in [1.165, 1.54) is 0 Å². The lowest BCUT2D eigenvalue weighted by molar-refractivity contribution is -0.122. The van der Waals surface area contributed by atoms with Gasteiger partial charge in [-0.15, -0.1) is 10.2 Å². The van der Waals surface area contributed by atoms with Gasteiger partial charge in [-0.25, -0.2) is 0 Å². The first-order valence-corrected chi connectivity index (χ1v) is 6.46. The predicted octanol–water partition coefficient (Wildman–Crippen LogP) is 2.42. The van der Waals surface area contributed by atoms with Crippen LogP contribution in [0, 0.1) is 5.92 Å². The summed E-state index contributed by atoms with van der Waals surface area (Å²) >= 11 is 5.81. The normalized spacial score (nSPS) is 14.4. The monoisotopic (exact) mass is 277 g/mol. The second-order valence-electron chi connectivity index (χ2n) is 4.50. The van der Waals surface area contributed by atoms with Crippen LogP contribution < -0.4 is 5.32 Å². The number of hydrogen-bond donors (Lipinski definition) is 1. The topological polar surface area (TPSA) is 68.0 Å². The Kier molecular flexibility index (Phi) is 3.21. The lowest BCUT2D eigenvalue weighted by atomic mass is 10.2. The molecule has 0 spiro atoms. The van der Waals surface area contributed by atoms with Crippen molar-refractivity contribution in [2.75, 3.05) is 0 Å². The smallest absolute Gasteiger partial charge is 0.247 e. The van der Waals surface area contributed by atoms with E-state index in [0.29, 0.717) is 16.8 Å². The highest BCUT2D eigenvalue weighted by atomic mass is 35.5. The summed E-state index contributed by atoms with van der Waals surface area (Å²) in [5.74, 6) is 1.07. The Labute approximate surface area is 115 Å². The van der Waals surface area contributed by atoms with Gasteiger partial charge < -0.3 is 9.73 Å². The molecule has 1 aromatic carbocycles. The van der Waals surface area contributed by atoms with Crippen molar-refractivity contribution in [3.8, 4) is 11.5 Å². The number of halogens is 1. The zero-order valence-corrected chi connectivity index (χ0v) is 10.9. The van der Waals surface area contributed by atoms with Crippen LogP contribution in [0.5, 0.6) is 0 Å². The van der Waals surface area contributed by atoms with E-state index in [0.717, 1.165) is 18.4 Å². The van der Waals surface area contributed by atoms with Crippen molar-refractivity contribution in [3.63, 3.8) is 0 Å². The maximum absolute atomic E-state index is 11.5. The van der Waals surface area contributed by atoms with Gasteiger partial charge in [0.1, 0.15) is 0 Å². The molecule has 0 atom stereocenters. The number of carbonyl (C=O) groups is 1. The maximum atomic E-state index is 11.5. The van der Waals surface area contributed by atoms with E-state index < -0.39 is 0 Å². The van der Waals surface area contributed by atoms with Crippen LogP contribution in [0.2, 0.25) is 5.02 Å². The summed E-state index contributed by atoms with van der Waals surface area (Å²) in [5.41, 5.74) is 0.802. The highest BCUT2D eigenvalue weighted by molar-refractivity contribution is 6.30. The lowest BCUT2D eigenvalue weighted by Crippen LogP contribution is -2.24. The molecule has 1 amide bonds. The zero-order valence-electron chi connectivity index (χ0n) is 10.1. The molecular formula is C13H12ClN3O2. The van der Waals surface area contributed by atoms with Crippen LogP contribution in [0.4, 0.5) is 0 Å². The number of amides is 1. The van der Waals surface area contributed by atoms with E-state index in [4.69, 9.17) is 16.0 Å². The van der Waals surface area contributed by atoms with Gasteiger partial charge in [0.25, 0.3) is 0 Å². The molecule has 2 aromatic rings. The molecule has 0 aliphatic heterocycles. The molecule has 3 rings (SSSR count). The fraction of sp³-hybridized carbons (Fsp3) is 0.308. The van der Waals surface area contributed by atoms with Crippen molar-refractivity contribution in [1.82, 2.24) is 15.5 Å². The molecule has 98 valence electrons. The number of rotatable bonds is 4. The van der Waals surface area contributed by atoms with E-state index in [2.05, 4.69) is 15.5 Å². The Morgan fingerprint density at radius 1 is 1.32 bits per heavy atom. The van der Waals surface area contributed by atoms with Crippen LogP contribution in [-0.2, 0) is 11.3 Å². The van der Waals surface area contributed by atoms with Crippen LogP contribution in [0.25, 0.3) is 11.5 Å². The van der Waals surface area contributed by atoms with Crippen molar-refractivity contribution in [1.29, 1.82) is 0 Å². The van der Waals surface area contributed by atoms with E-state index in [1.807, 2.05) is 12.1 Å². The van der Waals surface area contributed by atoms with Crippen LogP contribution in [0.3, 0.4) is 0 Å². The lowest BCUT2D eigenvalue weighted by Gasteiger charge is -1.99. The molecule has 0 bridgehead atoms. The second kappa shape index (κ2) is 5.01. The fourth-order valence-electron chi connectivity index (χ4n) is 1.69. The van der Waals surface area contributed by atoms with Gasteiger partial charge in [0.15, 0.2) is 0 Å². The van der Waals surface area contributed by atoms with Gasteiger partial charge >= 0.3 is 0 Å².